The number of nitrogens with zero attached hydrogens (tertiary/aromatic N) is 3. The number of hydrogen-bond donors (Lipinski definition) is 0. The molecule has 0 N–H and O–H groups in total. The Hall–Kier alpha value is -2.12. The van der Waals surface area contributed by atoms with E-state index in [-0.39, 0.29) is 17.9 Å². The molecule has 1 saturated heterocycles. The molecule has 7 heteroatoms. The number of carbonyl (C=O) groups excluding carboxylic acids is 2. The molecule has 142 valence electrons. The van der Waals surface area contributed by atoms with Crippen LogP contribution in [0, 0.1) is 0 Å². The summed E-state index contributed by atoms with van der Waals surface area (Å²) in [5.74, 6) is 0.215. The fourth-order valence-corrected chi connectivity index (χ4v) is 5.46. The van der Waals surface area contributed by atoms with Gasteiger partial charge in [-0.25, -0.2) is 0 Å². The predicted molar refractivity (Wildman–Crippen MR) is 111 cm³/mol. The number of amides is 2. The second kappa shape index (κ2) is 7.48. The summed E-state index contributed by atoms with van der Waals surface area (Å²) in [4.78, 5) is 31.8. The molecule has 0 saturated carbocycles. The fraction of sp³-hybridized carbons (Fsp3) is 0.400. The molecular formula is C20H23N3O2S2. The van der Waals surface area contributed by atoms with E-state index in [1.165, 1.54) is 0 Å². The lowest BCUT2D eigenvalue weighted by Gasteiger charge is -2.40. The van der Waals surface area contributed by atoms with Crippen molar-refractivity contribution in [3.8, 4) is 0 Å². The van der Waals surface area contributed by atoms with Gasteiger partial charge in [0.25, 0.3) is 5.91 Å². The molecule has 0 bridgehead atoms. The molecule has 1 fully saturated rings. The smallest absolute Gasteiger partial charge is 0.270 e. The third-order valence-corrected chi connectivity index (χ3v) is 7.01. The zero-order valence-electron chi connectivity index (χ0n) is 15.6. The highest BCUT2D eigenvalue weighted by Gasteiger charge is 2.31. The van der Waals surface area contributed by atoms with Crippen molar-refractivity contribution < 1.29 is 9.59 Å². The second-order valence-electron chi connectivity index (χ2n) is 6.90. The summed E-state index contributed by atoms with van der Waals surface area (Å²) in [6.07, 6.45) is 0.449. The summed E-state index contributed by atoms with van der Waals surface area (Å²) >= 11 is 3.28. The van der Waals surface area contributed by atoms with E-state index in [9.17, 15) is 9.59 Å². The molecule has 3 aromatic rings. The van der Waals surface area contributed by atoms with Gasteiger partial charge < -0.3 is 14.4 Å². The van der Waals surface area contributed by atoms with Crippen molar-refractivity contribution in [1.29, 1.82) is 0 Å². The number of piperazine rings is 1. The van der Waals surface area contributed by atoms with Gasteiger partial charge in [-0.05, 0) is 42.8 Å². The van der Waals surface area contributed by atoms with Crippen molar-refractivity contribution >= 4 is 44.7 Å². The quantitative estimate of drug-likeness (QED) is 0.669. The summed E-state index contributed by atoms with van der Waals surface area (Å²) in [5.41, 5.74) is 0.755. The van der Waals surface area contributed by atoms with Crippen molar-refractivity contribution in [3.63, 3.8) is 0 Å². The zero-order chi connectivity index (χ0) is 19.0. The summed E-state index contributed by atoms with van der Waals surface area (Å²) in [7, 11) is 0. The predicted octanol–water partition coefficient (Wildman–Crippen LogP) is 3.70. The maximum Gasteiger partial charge on any atom is 0.270 e. The van der Waals surface area contributed by atoms with Gasteiger partial charge in [0.05, 0.1) is 6.42 Å². The lowest BCUT2D eigenvalue weighted by molar-refractivity contribution is -0.134. The number of thiophene rings is 2. The Morgan fingerprint density at radius 3 is 2.74 bits per heavy atom. The first-order valence-corrected chi connectivity index (χ1v) is 11.0. The van der Waals surface area contributed by atoms with E-state index in [4.69, 9.17) is 0 Å². The largest absolute Gasteiger partial charge is 0.336 e. The van der Waals surface area contributed by atoms with Gasteiger partial charge in [-0.15, -0.1) is 22.7 Å². The van der Waals surface area contributed by atoms with E-state index >= 15 is 0 Å². The summed E-state index contributed by atoms with van der Waals surface area (Å²) < 4.78 is 2.10. The average molecular weight is 402 g/mol. The molecule has 0 aromatic carbocycles. The van der Waals surface area contributed by atoms with Crippen LogP contribution in [0.4, 0.5) is 0 Å². The number of rotatable bonds is 4. The number of carbonyl (C=O) groups is 2. The molecule has 0 aliphatic carbocycles. The van der Waals surface area contributed by atoms with Crippen LogP contribution >= 0.6 is 22.7 Å². The molecular weight excluding hydrogens is 378 g/mol. The summed E-state index contributed by atoms with van der Waals surface area (Å²) in [6.45, 7) is 6.64. The van der Waals surface area contributed by atoms with E-state index in [1.807, 2.05) is 40.3 Å². The van der Waals surface area contributed by atoms with Crippen LogP contribution in [0.5, 0.6) is 0 Å². The standard InChI is InChI=1S/C20H23N3O2S2/c1-3-22-17(11-15-6-10-27-20(15)22)19(25)21-7-8-23(14(2)13-21)18(24)12-16-5-4-9-26-16/h4-6,9-11,14H,3,7-8,12-13H2,1-2H3. The van der Waals surface area contributed by atoms with Crippen LogP contribution in [0.1, 0.15) is 29.2 Å². The van der Waals surface area contributed by atoms with Gasteiger partial charge in [-0.3, -0.25) is 9.59 Å². The van der Waals surface area contributed by atoms with Crippen LogP contribution in [0.2, 0.25) is 0 Å². The molecule has 1 unspecified atom stereocenters. The van der Waals surface area contributed by atoms with Crippen LogP contribution < -0.4 is 0 Å². The normalized spacial score (nSPS) is 17.6. The second-order valence-corrected chi connectivity index (χ2v) is 8.83. The monoisotopic (exact) mass is 401 g/mol. The third-order valence-electron chi connectivity index (χ3n) is 5.18. The Bertz CT molecular complexity index is 957. The van der Waals surface area contributed by atoms with Crippen LogP contribution in [0.3, 0.4) is 0 Å². The molecule has 0 radical (unpaired) electrons. The number of aromatic nitrogens is 1. The van der Waals surface area contributed by atoms with E-state index in [0.717, 1.165) is 27.3 Å². The molecule has 1 aliphatic heterocycles. The van der Waals surface area contributed by atoms with Crippen molar-refractivity contribution in [2.24, 2.45) is 0 Å². The Kier molecular flexibility index (Phi) is 5.06. The lowest BCUT2D eigenvalue weighted by atomic mass is 10.1. The van der Waals surface area contributed by atoms with Gasteiger partial charge in [0, 0.05) is 42.5 Å². The highest BCUT2D eigenvalue weighted by atomic mass is 32.1. The van der Waals surface area contributed by atoms with Gasteiger partial charge in [-0.2, -0.15) is 0 Å². The Morgan fingerprint density at radius 2 is 2.04 bits per heavy atom. The topological polar surface area (TPSA) is 45.6 Å². The van der Waals surface area contributed by atoms with Crippen LogP contribution in [-0.2, 0) is 17.8 Å². The average Bonchev–Trinajstić information content (AvgIpc) is 3.37. The maximum atomic E-state index is 13.1. The van der Waals surface area contributed by atoms with E-state index < -0.39 is 0 Å². The van der Waals surface area contributed by atoms with E-state index in [2.05, 4.69) is 22.9 Å². The molecule has 4 rings (SSSR count). The summed E-state index contributed by atoms with van der Waals surface area (Å²) in [6, 6.07) is 8.06. The van der Waals surface area contributed by atoms with Gasteiger partial charge in [-0.1, -0.05) is 6.07 Å². The first kappa shape index (κ1) is 18.3. The van der Waals surface area contributed by atoms with Crippen LogP contribution in [0.25, 0.3) is 10.2 Å². The zero-order valence-corrected chi connectivity index (χ0v) is 17.2. The molecule has 1 atom stereocenters. The van der Waals surface area contributed by atoms with Gasteiger partial charge in [0.1, 0.15) is 10.5 Å². The van der Waals surface area contributed by atoms with Crippen molar-refractivity contribution in [3.05, 3.63) is 45.6 Å². The molecule has 2 amide bonds. The van der Waals surface area contributed by atoms with Crippen LogP contribution in [0.15, 0.2) is 35.0 Å². The number of hydrogen-bond acceptors (Lipinski definition) is 4. The van der Waals surface area contributed by atoms with Gasteiger partial charge >= 0.3 is 0 Å². The molecule has 0 spiro atoms. The molecule has 1 aliphatic rings. The first-order valence-electron chi connectivity index (χ1n) is 9.26. The van der Waals surface area contributed by atoms with E-state index in [0.29, 0.717) is 26.1 Å². The van der Waals surface area contributed by atoms with E-state index in [1.54, 1.807) is 22.7 Å². The van der Waals surface area contributed by atoms with Gasteiger partial charge in [0.2, 0.25) is 5.91 Å². The van der Waals surface area contributed by atoms with Crippen molar-refractivity contribution in [1.82, 2.24) is 14.4 Å². The maximum absolute atomic E-state index is 13.1. The summed E-state index contributed by atoms with van der Waals surface area (Å²) in [5, 5.41) is 5.18. The molecule has 5 nitrogen and oxygen atoms in total. The minimum atomic E-state index is 0.0290. The highest BCUT2D eigenvalue weighted by Crippen LogP contribution is 2.27. The van der Waals surface area contributed by atoms with Crippen LogP contribution in [-0.4, -0.2) is 51.9 Å². The SMILES string of the molecule is CCn1c(C(=O)N2CCN(C(=O)Cc3cccs3)C(C)C2)cc2ccsc21. The Labute approximate surface area is 166 Å². The minimum absolute atomic E-state index is 0.0290. The first-order chi connectivity index (χ1) is 13.1. The minimum Gasteiger partial charge on any atom is -0.336 e. The van der Waals surface area contributed by atoms with Gasteiger partial charge in [0.15, 0.2) is 0 Å². The Balaban J connectivity index is 1.46. The van der Waals surface area contributed by atoms with Crippen molar-refractivity contribution in [2.75, 3.05) is 19.6 Å². The fourth-order valence-electron chi connectivity index (χ4n) is 3.80. The van der Waals surface area contributed by atoms with Crippen molar-refractivity contribution in [2.45, 2.75) is 32.9 Å². The molecule has 3 aromatic heterocycles. The number of fused-ring (bicyclic) bond motifs is 1. The third kappa shape index (κ3) is 3.41. The lowest BCUT2D eigenvalue weighted by Crippen LogP contribution is -2.55. The highest BCUT2D eigenvalue weighted by molar-refractivity contribution is 7.16. The Morgan fingerprint density at radius 1 is 1.19 bits per heavy atom. The molecule has 4 heterocycles. The molecule has 27 heavy (non-hydrogen) atoms. The number of aryl methyl sites for hydroxylation is 1.